The summed E-state index contributed by atoms with van der Waals surface area (Å²) in [6.45, 7) is 14.9. The van der Waals surface area contributed by atoms with Crippen molar-refractivity contribution in [3.63, 3.8) is 0 Å². The van der Waals surface area contributed by atoms with Gasteiger partial charge in [0.25, 0.3) is 0 Å². The highest BCUT2D eigenvalue weighted by Crippen LogP contribution is 2.42. The van der Waals surface area contributed by atoms with Crippen molar-refractivity contribution < 1.29 is 47.4 Å². The molecule has 16 aromatic rings. The molecule has 0 spiro atoms. The fourth-order valence-corrected chi connectivity index (χ4v) is 18.1. The summed E-state index contributed by atoms with van der Waals surface area (Å²) in [6.07, 6.45) is 18.4. The number of nitrogens with zero attached hydrogens (tertiary/aromatic N) is 14. The molecule has 1 saturated carbocycles. The molecule has 23 rings (SSSR count). The van der Waals surface area contributed by atoms with Gasteiger partial charge in [-0.2, -0.15) is 26.1 Å². The van der Waals surface area contributed by atoms with Gasteiger partial charge in [0.15, 0.2) is 0 Å². The van der Waals surface area contributed by atoms with Crippen molar-refractivity contribution in [3.8, 4) is 137 Å². The molecule has 7 aromatic carbocycles. The number of hydrogen-bond acceptors (Lipinski definition) is 23. The van der Waals surface area contributed by atoms with Crippen molar-refractivity contribution in [2.45, 2.75) is 69.7 Å². The smallest absolute Gasteiger partial charge is 0.141 e. The van der Waals surface area contributed by atoms with Gasteiger partial charge in [-0.05, 0) is 182 Å². The first-order valence-corrected chi connectivity index (χ1v) is 46.7. The maximum absolute atomic E-state index is 9.83. The summed E-state index contributed by atoms with van der Waals surface area (Å²) in [4.78, 5) is 44.0. The number of anilines is 3. The number of nitriles is 4. The van der Waals surface area contributed by atoms with E-state index in [0.717, 1.165) is 251 Å². The number of rotatable bonds is 20. The summed E-state index contributed by atoms with van der Waals surface area (Å²) in [5.41, 5.74) is 24.7. The predicted molar refractivity (Wildman–Crippen MR) is 522 cm³/mol. The molecule has 28 nitrogen and oxygen atoms in total. The number of nitrogens with one attached hydrogen (secondary N) is 4. The molecule has 6 aliphatic heterocycles. The minimum absolute atomic E-state index is 0.0734. The fraction of sp³-hybridized carbons (Fsp3) is 0.296. The Balaban J connectivity index is 0.000000112. The van der Waals surface area contributed by atoms with Crippen molar-refractivity contribution in [1.29, 1.82) is 21.0 Å². The molecule has 0 unspecified atom stereocenters. The van der Waals surface area contributed by atoms with Crippen molar-refractivity contribution >= 4 is 60.8 Å². The quantitative estimate of drug-likeness (QED) is 0.0550. The van der Waals surface area contributed by atoms with Crippen molar-refractivity contribution in [2.75, 3.05) is 140 Å². The average Bonchev–Trinajstić information content (AvgIpc) is 1.48. The van der Waals surface area contributed by atoms with E-state index in [0.29, 0.717) is 97.4 Å². The second-order valence-electron chi connectivity index (χ2n) is 34.8. The van der Waals surface area contributed by atoms with Crippen molar-refractivity contribution in [2.24, 2.45) is 13.0 Å². The van der Waals surface area contributed by atoms with E-state index in [2.05, 4.69) is 186 Å². The van der Waals surface area contributed by atoms with Crippen LogP contribution in [0.4, 0.5) is 17.1 Å². The molecule has 7 fully saturated rings. The number of H-pyrrole nitrogens is 4. The van der Waals surface area contributed by atoms with Crippen LogP contribution in [-0.2, 0) is 35.5 Å². The van der Waals surface area contributed by atoms with E-state index in [1.165, 1.54) is 29.9 Å². The Labute approximate surface area is 786 Å². The van der Waals surface area contributed by atoms with E-state index < -0.39 is 0 Å². The van der Waals surface area contributed by atoms with Gasteiger partial charge < -0.3 is 82.0 Å². The first-order chi connectivity index (χ1) is 67.0. The third-order valence-electron chi connectivity index (χ3n) is 25.8. The molecule has 4 N–H and O–H groups in total. The van der Waals surface area contributed by atoms with Crippen LogP contribution in [0.1, 0.15) is 73.6 Å². The predicted octanol–water partition coefficient (Wildman–Crippen LogP) is 19.2. The number of pyridine rings is 3. The van der Waals surface area contributed by atoms with Gasteiger partial charge in [-0.1, -0.05) is 36.4 Å². The first kappa shape index (κ1) is 88.7. The van der Waals surface area contributed by atoms with Gasteiger partial charge >= 0.3 is 0 Å². The minimum Gasteiger partial charge on any atom is -0.492 e. The molecular weight excluding hydrogens is 1710 g/mol. The summed E-state index contributed by atoms with van der Waals surface area (Å²) in [6, 6.07) is 72.2. The van der Waals surface area contributed by atoms with Crippen LogP contribution in [0.5, 0.6) is 23.0 Å². The van der Waals surface area contributed by atoms with E-state index in [1.807, 2.05) is 117 Å². The monoisotopic (exact) mass is 1810 g/mol. The number of fused-ring (bicyclic) bond motifs is 4. The van der Waals surface area contributed by atoms with E-state index in [9.17, 15) is 21.0 Å². The molecule has 0 bridgehead atoms. The molecule has 0 atom stereocenters. The summed E-state index contributed by atoms with van der Waals surface area (Å²) in [5, 5.41) is 47.2. The Kier molecular flexibility index (Phi) is 27.1. The fourth-order valence-electron chi connectivity index (χ4n) is 18.1. The number of aryl methyl sites for hydroxylation is 1. The number of ether oxygens (including phenoxy) is 10. The van der Waals surface area contributed by atoms with Crippen LogP contribution in [0.3, 0.4) is 0 Å². The molecule has 6 saturated heterocycles. The van der Waals surface area contributed by atoms with Crippen LogP contribution in [0.2, 0.25) is 0 Å². The van der Waals surface area contributed by atoms with E-state index in [-0.39, 0.29) is 18.3 Å². The Morgan fingerprint density at radius 3 is 1.10 bits per heavy atom. The molecule has 15 heterocycles. The van der Waals surface area contributed by atoms with Crippen LogP contribution in [0.15, 0.2) is 225 Å². The van der Waals surface area contributed by atoms with Crippen LogP contribution in [0, 0.1) is 51.2 Å². The van der Waals surface area contributed by atoms with Gasteiger partial charge in [-0.15, -0.1) is 0 Å². The average molecular weight is 1810 g/mol. The first-order valence-electron chi connectivity index (χ1n) is 46.7. The molecule has 0 radical (unpaired) electrons. The highest BCUT2D eigenvalue weighted by atomic mass is 16.5. The van der Waals surface area contributed by atoms with Gasteiger partial charge in [-0.3, -0.25) is 19.6 Å². The zero-order chi connectivity index (χ0) is 92.1. The second kappa shape index (κ2) is 41.5. The van der Waals surface area contributed by atoms with Crippen LogP contribution < -0.4 is 33.6 Å². The van der Waals surface area contributed by atoms with Crippen LogP contribution in [-0.4, -0.2) is 198 Å². The number of hydrogen-bond donors (Lipinski definition) is 4. The minimum atomic E-state index is 0.0734. The third kappa shape index (κ3) is 20.5. The van der Waals surface area contributed by atoms with Gasteiger partial charge in [0.05, 0.1) is 137 Å². The topological polar surface area (TPSA) is 343 Å². The molecule has 136 heavy (non-hydrogen) atoms. The Morgan fingerprint density at radius 1 is 0.338 bits per heavy atom. The Hall–Kier alpha value is -15.2. The highest BCUT2D eigenvalue weighted by molar-refractivity contribution is 6.00. The summed E-state index contributed by atoms with van der Waals surface area (Å²) >= 11 is 0. The maximum Gasteiger partial charge on any atom is 0.141 e. The van der Waals surface area contributed by atoms with Crippen LogP contribution in [0.25, 0.3) is 134 Å². The third-order valence-corrected chi connectivity index (χ3v) is 25.8. The lowest BCUT2D eigenvalue weighted by Gasteiger charge is -2.29. The summed E-state index contributed by atoms with van der Waals surface area (Å²) in [7, 11) is 1.90. The lowest BCUT2D eigenvalue weighted by Crippen LogP contribution is -2.36. The lowest BCUT2D eigenvalue weighted by molar-refractivity contribution is 0.0252. The molecule has 9 aromatic heterocycles. The zero-order valence-corrected chi connectivity index (χ0v) is 75.6. The Morgan fingerprint density at radius 2 is 0.699 bits per heavy atom. The van der Waals surface area contributed by atoms with E-state index in [4.69, 9.17) is 47.4 Å². The second-order valence-corrected chi connectivity index (χ2v) is 34.8. The summed E-state index contributed by atoms with van der Waals surface area (Å²) < 4.78 is 58.6. The number of aromatic amines is 4. The van der Waals surface area contributed by atoms with Gasteiger partial charge in [-0.25, -0.2) is 9.97 Å². The zero-order valence-electron chi connectivity index (χ0n) is 75.6. The number of aromatic nitrogens is 11. The lowest BCUT2D eigenvalue weighted by atomic mass is 10.0. The summed E-state index contributed by atoms with van der Waals surface area (Å²) in [5.74, 6) is 3.14. The van der Waals surface area contributed by atoms with Gasteiger partial charge in [0, 0.05) is 221 Å². The number of benzene rings is 7. The molecule has 1 aliphatic carbocycles. The molecule has 28 heteroatoms. The molecular formula is C108H102N18O10. The highest BCUT2D eigenvalue weighted by Gasteiger charge is 2.27. The van der Waals surface area contributed by atoms with Crippen molar-refractivity contribution in [1.82, 2.24) is 54.6 Å². The number of morpholine rings is 3. The van der Waals surface area contributed by atoms with Crippen LogP contribution >= 0.6 is 0 Å². The van der Waals surface area contributed by atoms with Gasteiger partial charge in [0.2, 0.25) is 0 Å². The van der Waals surface area contributed by atoms with E-state index >= 15 is 0 Å². The van der Waals surface area contributed by atoms with E-state index in [1.54, 1.807) is 23.4 Å². The largest absolute Gasteiger partial charge is 0.492 e. The molecule has 7 aliphatic rings. The SMILES string of the molecule is Cn1cc(-c2cc3c(-c4ccc(OC5CCOCC5)c(C#N)c4)nccc3[nH]2)cn1.N#Cc1cc(-c2nccc3[nH]c(-c4ccc(N5CCOCC5)cc4)cc23)ccc1OCC1CC1.N#Cc1cc(-c2nccc3[nH]c(-c4cccc(N5CCOCC5)c4)cc23)ccc1OC1CCOCC1.N#Cc1cc(-c2ncnc3[nH]c(-c4ccc(N5CCOCC5)cc4)cc23)ccc1OC1CCOCC1. The normalized spacial score (nSPS) is 16.1. The standard InChI is InChI=1S/C29H28N4O3.C28H27N5O3.C28H26N4O2.C23H21N5O2/c30-19-22-16-21(4-5-28(22)36-24-7-12-34-13-8-24)29-25-18-27(32-26(25)6-9-31-29)20-2-1-3-23(17-20)33-10-14-35-15-11-33;29-17-21-15-20(3-6-26(21)36-23-7-11-34-12-8-23)27-24-16-25(32-28(24)31-18-30-27)19-1-4-22(5-2-19)33-9-13-35-14-10-33;29-17-22-15-21(5-8-27(22)34-18-19-1-2-19)28-24-16-26(31-25(24)9-10-30-28)20-3-6-23(7-4-20)32-11-13-33-14-12-32;1-28-14-17(13-26-28)21-11-19-20(27-21)4-7-25-23(19)15-2-3-22(16(10-15)12-24)30-18-5-8-29-9-6-18/h1-6,9,16-18,24,32H,7-8,10-15H2;1-6,15-16,18,23H,7-14H2,(H,30,31,32);3-10,15-16,19,31H,1-2,11-14,18H2;2-4,7,10-11,13-14,18,27H,5-6,8-9H2,1H3. The van der Waals surface area contributed by atoms with Gasteiger partial charge in [0.1, 0.15) is 77.6 Å². The Bertz CT molecular complexity index is 7100. The molecule has 684 valence electrons. The maximum atomic E-state index is 9.83. The molecule has 0 amide bonds. The van der Waals surface area contributed by atoms with Crippen molar-refractivity contribution in [3.05, 3.63) is 248 Å².